The average Bonchev–Trinajstić information content (AvgIpc) is 2.85. The SMILES string of the molecule is O=C(NN=Cc1ccc[nH]1)c1ccc(Cl)c(Cl)c1. The first-order chi connectivity index (χ1) is 8.66. The standard InChI is InChI=1S/C12H9Cl2N3O/c13-10-4-3-8(6-11(10)14)12(18)17-16-7-9-2-1-5-15-9/h1-7,15H,(H,17,18). The predicted molar refractivity (Wildman–Crippen MR) is 72.3 cm³/mol. The van der Waals surface area contributed by atoms with Crippen molar-refractivity contribution in [2.75, 3.05) is 0 Å². The first-order valence-corrected chi connectivity index (χ1v) is 5.84. The summed E-state index contributed by atoms with van der Waals surface area (Å²) in [6, 6.07) is 8.29. The first kappa shape index (κ1) is 12.7. The molecule has 0 aliphatic carbocycles. The molecule has 0 bridgehead atoms. The van der Waals surface area contributed by atoms with Gasteiger partial charge in [-0.1, -0.05) is 23.2 Å². The number of H-pyrrole nitrogens is 1. The molecule has 0 fully saturated rings. The van der Waals surface area contributed by atoms with Crippen LogP contribution in [-0.4, -0.2) is 17.1 Å². The van der Waals surface area contributed by atoms with Gasteiger partial charge in [0.25, 0.3) is 5.91 Å². The Bertz CT molecular complexity index is 579. The van der Waals surface area contributed by atoms with Gasteiger partial charge in [0.2, 0.25) is 0 Å². The predicted octanol–water partition coefficient (Wildman–Crippen LogP) is 3.09. The van der Waals surface area contributed by atoms with Crippen LogP contribution in [0, 0.1) is 0 Å². The summed E-state index contributed by atoms with van der Waals surface area (Å²) in [7, 11) is 0. The number of nitrogens with zero attached hydrogens (tertiary/aromatic N) is 1. The first-order valence-electron chi connectivity index (χ1n) is 5.08. The maximum Gasteiger partial charge on any atom is 0.271 e. The van der Waals surface area contributed by atoms with Crippen LogP contribution < -0.4 is 5.43 Å². The van der Waals surface area contributed by atoms with E-state index in [0.29, 0.717) is 15.6 Å². The summed E-state index contributed by atoms with van der Waals surface area (Å²) in [6.45, 7) is 0. The van der Waals surface area contributed by atoms with Crippen LogP contribution in [0.5, 0.6) is 0 Å². The van der Waals surface area contributed by atoms with E-state index < -0.39 is 0 Å². The van der Waals surface area contributed by atoms with E-state index in [1.54, 1.807) is 18.3 Å². The molecule has 0 unspecified atom stereocenters. The molecular weight excluding hydrogens is 273 g/mol. The van der Waals surface area contributed by atoms with Crippen LogP contribution in [-0.2, 0) is 0 Å². The highest BCUT2D eigenvalue weighted by Crippen LogP contribution is 2.22. The fourth-order valence-corrected chi connectivity index (χ4v) is 1.58. The smallest absolute Gasteiger partial charge is 0.271 e. The van der Waals surface area contributed by atoms with Crippen molar-refractivity contribution in [2.45, 2.75) is 0 Å². The summed E-state index contributed by atoms with van der Waals surface area (Å²) >= 11 is 11.6. The van der Waals surface area contributed by atoms with Crippen molar-refractivity contribution in [2.24, 2.45) is 5.10 Å². The molecule has 0 atom stereocenters. The summed E-state index contributed by atoms with van der Waals surface area (Å²) in [5.41, 5.74) is 3.58. The second-order valence-electron chi connectivity index (χ2n) is 3.45. The van der Waals surface area contributed by atoms with Crippen molar-refractivity contribution in [3.8, 4) is 0 Å². The molecule has 92 valence electrons. The van der Waals surface area contributed by atoms with Crippen LogP contribution in [0.3, 0.4) is 0 Å². The number of hydrogen-bond acceptors (Lipinski definition) is 2. The van der Waals surface area contributed by atoms with Crippen LogP contribution in [0.1, 0.15) is 16.1 Å². The number of aromatic nitrogens is 1. The van der Waals surface area contributed by atoms with Crippen LogP contribution in [0.2, 0.25) is 10.0 Å². The Morgan fingerprint density at radius 1 is 1.28 bits per heavy atom. The molecule has 18 heavy (non-hydrogen) atoms. The minimum absolute atomic E-state index is 0.331. The summed E-state index contributed by atoms with van der Waals surface area (Å²) in [5.74, 6) is -0.351. The monoisotopic (exact) mass is 281 g/mol. The van der Waals surface area contributed by atoms with Gasteiger partial charge in [-0.3, -0.25) is 4.79 Å². The molecule has 0 spiro atoms. The van der Waals surface area contributed by atoms with Gasteiger partial charge in [0.15, 0.2) is 0 Å². The van der Waals surface area contributed by atoms with Crippen LogP contribution in [0.4, 0.5) is 0 Å². The van der Waals surface area contributed by atoms with E-state index in [0.717, 1.165) is 5.69 Å². The molecule has 0 saturated carbocycles. The van der Waals surface area contributed by atoms with Gasteiger partial charge >= 0.3 is 0 Å². The molecule has 0 saturated heterocycles. The number of aromatic amines is 1. The second-order valence-corrected chi connectivity index (χ2v) is 4.27. The largest absolute Gasteiger partial charge is 0.360 e. The molecule has 0 aliphatic rings. The highest BCUT2D eigenvalue weighted by molar-refractivity contribution is 6.42. The molecule has 4 nitrogen and oxygen atoms in total. The van der Waals surface area contributed by atoms with E-state index in [9.17, 15) is 4.79 Å². The highest BCUT2D eigenvalue weighted by Gasteiger charge is 2.06. The maximum atomic E-state index is 11.7. The number of carbonyl (C=O) groups is 1. The zero-order valence-electron chi connectivity index (χ0n) is 9.15. The van der Waals surface area contributed by atoms with Crippen molar-refractivity contribution in [1.29, 1.82) is 0 Å². The highest BCUT2D eigenvalue weighted by atomic mass is 35.5. The van der Waals surface area contributed by atoms with Crippen molar-refractivity contribution >= 4 is 35.3 Å². The quantitative estimate of drug-likeness (QED) is 0.659. The van der Waals surface area contributed by atoms with Crippen LogP contribution in [0.15, 0.2) is 41.6 Å². The van der Waals surface area contributed by atoms with Gasteiger partial charge in [-0.2, -0.15) is 5.10 Å². The maximum absolute atomic E-state index is 11.7. The van der Waals surface area contributed by atoms with E-state index in [2.05, 4.69) is 15.5 Å². The molecule has 1 heterocycles. The molecule has 2 N–H and O–H groups in total. The number of nitrogens with one attached hydrogen (secondary N) is 2. The topological polar surface area (TPSA) is 57.2 Å². The minimum Gasteiger partial charge on any atom is -0.360 e. The fraction of sp³-hybridized carbons (Fsp3) is 0. The zero-order chi connectivity index (χ0) is 13.0. The van der Waals surface area contributed by atoms with Crippen molar-refractivity contribution in [1.82, 2.24) is 10.4 Å². The number of rotatable bonds is 3. The Hall–Kier alpha value is -1.78. The number of amides is 1. The van der Waals surface area contributed by atoms with Gasteiger partial charge in [-0.25, -0.2) is 5.43 Å². The van der Waals surface area contributed by atoms with E-state index in [1.807, 2.05) is 12.1 Å². The van der Waals surface area contributed by atoms with Crippen LogP contribution >= 0.6 is 23.2 Å². The lowest BCUT2D eigenvalue weighted by atomic mass is 10.2. The number of halogens is 2. The Morgan fingerprint density at radius 2 is 2.11 bits per heavy atom. The minimum atomic E-state index is -0.351. The van der Waals surface area contributed by atoms with Crippen molar-refractivity contribution < 1.29 is 4.79 Å². The average molecular weight is 282 g/mol. The van der Waals surface area contributed by atoms with Gasteiger partial charge in [0.1, 0.15) is 0 Å². The summed E-state index contributed by atoms with van der Waals surface area (Å²) in [6.07, 6.45) is 3.28. The zero-order valence-corrected chi connectivity index (χ0v) is 10.7. The molecule has 6 heteroatoms. The third-order valence-electron chi connectivity index (χ3n) is 2.17. The summed E-state index contributed by atoms with van der Waals surface area (Å²) in [5, 5.41) is 4.55. The lowest BCUT2D eigenvalue weighted by molar-refractivity contribution is 0.0955. The number of carbonyl (C=O) groups excluding carboxylic acids is 1. The van der Waals surface area contributed by atoms with Crippen molar-refractivity contribution in [3.63, 3.8) is 0 Å². The Balaban J connectivity index is 2.01. The van der Waals surface area contributed by atoms with E-state index >= 15 is 0 Å². The Morgan fingerprint density at radius 3 is 2.78 bits per heavy atom. The molecule has 2 aromatic rings. The molecule has 1 aromatic heterocycles. The molecule has 1 aromatic carbocycles. The number of hydrazone groups is 1. The van der Waals surface area contributed by atoms with Crippen molar-refractivity contribution in [3.05, 3.63) is 57.8 Å². The van der Waals surface area contributed by atoms with E-state index in [4.69, 9.17) is 23.2 Å². The molecule has 0 aliphatic heterocycles. The third-order valence-corrected chi connectivity index (χ3v) is 2.91. The lowest BCUT2D eigenvalue weighted by Crippen LogP contribution is -2.17. The Labute approximate surface area is 114 Å². The third kappa shape index (κ3) is 3.12. The molecular formula is C12H9Cl2N3O. The summed E-state index contributed by atoms with van der Waals surface area (Å²) in [4.78, 5) is 14.6. The normalized spacial score (nSPS) is 10.8. The van der Waals surface area contributed by atoms with Gasteiger partial charge < -0.3 is 4.98 Å². The van der Waals surface area contributed by atoms with Gasteiger partial charge in [0.05, 0.1) is 22.0 Å². The van der Waals surface area contributed by atoms with E-state index in [1.165, 1.54) is 12.3 Å². The number of benzene rings is 1. The molecule has 1 amide bonds. The van der Waals surface area contributed by atoms with Crippen LogP contribution in [0.25, 0.3) is 0 Å². The lowest BCUT2D eigenvalue weighted by Gasteiger charge is -2.01. The van der Waals surface area contributed by atoms with E-state index in [-0.39, 0.29) is 5.91 Å². The van der Waals surface area contributed by atoms with Gasteiger partial charge in [-0.05, 0) is 30.3 Å². The Kier molecular flexibility index (Phi) is 4.02. The molecule has 2 rings (SSSR count). The second kappa shape index (κ2) is 5.71. The fourth-order valence-electron chi connectivity index (χ4n) is 1.29. The van der Waals surface area contributed by atoms with Gasteiger partial charge in [0, 0.05) is 11.8 Å². The number of hydrogen-bond donors (Lipinski definition) is 2. The van der Waals surface area contributed by atoms with Gasteiger partial charge in [-0.15, -0.1) is 0 Å². The molecule has 0 radical (unpaired) electrons. The summed E-state index contributed by atoms with van der Waals surface area (Å²) < 4.78 is 0.